The van der Waals surface area contributed by atoms with Gasteiger partial charge in [0.15, 0.2) is 5.82 Å². The fraction of sp³-hybridized carbons (Fsp3) is 0.600. The molecule has 2 N–H and O–H groups in total. The second-order valence-electron chi connectivity index (χ2n) is 3.72. The van der Waals surface area contributed by atoms with Crippen LogP contribution < -0.4 is 10.6 Å². The first kappa shape index (κ1) is 10.2. The third kappa shape index (κ3) is 2.18. The van der Waals surface area contributed by atoms with E-state index in [1.807, 2.05) is 0 Å². The highest BCUT2D eigenvalue weighted by Crippen LogP contribution is 2.23. The van der Waals surface area contributed by atoms with E-state index in [1.165, 1.54) is 6.33 Å². The molecule has 5 nitrogen and oxygen atoms in total. The first-order chi connectivity index (χ1) is 7.31. The number of nitrogens with zero attached hydrogens (tertiary/aromatic N) is 3. The molecule has 1 saturated heterocycles. The van der Waals surface area contributed by atoms with Gasteiger partial charge in [-0.3, -0.25) is 0 Å². The van der Waals surface area contributed by atoms with Gasteiger partial charge in [0.05, 0.1) is 18.0 Å². The number of aromatic nitrogens is 2. The summed E-state index contributed by atoms with van der Waals surface area (Å²) in [5.74, 6) is 0.847. The average molecular weight is 208 g/mol. The second kappa shape index (κ2) is 4.44. The van der Waals surface area contributed by atoms with E-state index >= 15 is 0 Å². The van der Waals surface area contributed by atoms with Crippen molar-refractivity contribution in [1.82, 2.24) is 9.97 Å². The van der Waals surface area contributed by atoms with E-state index in [2.05, 4.69) is 14.9 Å². The molecule has 0 aromatic carbocycles. The zero-order valence-corrected chi connectivity index (χ0v) is 8.89. The lowest BCUT2D eigenvalue weighted by Crippen LogP contribution is -2.37. The minimum atomic E-state index is 0.379. The Morgan fingerprint density at radius 3 is 2.80 bits per heavy atom. The molecular formula is C10H16N4O. The van der Waals surface area contributed by atoms with Crippen molar-refractivity contribution in [3.63, 3.8) is 0 Å². The van der Waals surface area contributed by atoms with Crippen LogP contribution in [0.15, 0.2) is 12.5 Å². The minimum absolute atomic E-state index is 0.379. The smallest absolute Gasteiger partial charge is 0.155 e. The van der Waals surface area contributed by atoms with Crippen molar-refractivity contribution in [1.29, 1.82) is 0 Å². The predicted octanol–water partition coefficient (Wildman–Crippen LogP) is 0.674. The summed E-state index contributed by atoms with van der Waals surface area (Å²) in [4.78, 5) is 10.3. The first-order valence-corrected chi connectivity index (χ1v) is 5.14. The van der Waals surface area contributed by atoms with E-state index in [-0.39, 0.29) is 0 Å². The van der Waals surface area contributed by atoms with Crippen LogP contribution >= 0.6 is 0 Å². The number of ether oxygens (including phenoxy) is 1. The monoisotopic (exact) mass is 208 g/mol. The molecule has 82 valence electrons. The van der Waals surface area contributed by atoms with Crippen molar-refractivity contribution in [3.05, 3.63) is 12.5 Å². The van der Waals surface area contributed by atoms with Gasteiger partial charge in [-0.05, 0) is 12.8 Å². The third-order valence-electron chi connectivity index (χ3n) is 2.79. The Balaban J connectivity index is 2.04. The van der Waals surface area contributed by atoms with E-state index in [0.717, 1.165) is 31.7 Å². The normalized spacial score (nSPS) is 18.1. The molecule has 1 aromatic heterocycles. The average Bonchev–Trinajstić information content (AvgIpc) is 2.30. The van der Waals surface area contributed by atoms with Crippen molar-refractivity contribution < 1.29 is 4.74 Å². The lowest BCUT2D eigenvalue weighted by atomic mass is 10.1. The van der Waals surface area contributed by atoms with Crippen LogP contribution in [0, 0.1) is 0 Å². The topological polar surface area (TPSA) is 64.3 Å². The van der Waals surface area contributed by atoms with Gasteiger partial charge >= 0.3 is 0 Å². The molecule has 0 spiro atoms. The number of anilines is 2. The van der Waals surface area contributed by atoms with Gasteiger partial charge in [0.1, 0.15) is 6.33 Å². The van der Waals surface area contributed by atoms with Crippen LogP contribution in [0.2, 0.25) is 0 Å². The first-order valence-electron chi connectivity index (χ1n) is 5.14. The van der Waals surface area contributed by atoms with Crippen molar-refractivity contribution in [2.75, 3.05) is 30.8 Å². The Morgan fingerprint density at radius 1 is 1.47 bits per heavy atom. The third-order valence-corrected chi connectivity index (χ3v) is 2.79. The molecule has 0 atom stereocenters. The SMILES string of the molecule is COC1CCN(c2ncncc2N)CC1. The van der Waals surface area contributed by atoms with Crippen LogP contribution in [0.4, 0.5) is 11.5 Å². The molecule has 1 aliphatic heterocycles. The molecule has 5 heteroatoms. The number of methoxy groups -OCH3 is 1. The molecule has 15 heavy (non-hydrogen) atoms. The summed E-state index contributed by atoms with van der Waals surface area (Å²) in [6, 6.07) is 0. The van der Waals surface area contributed by atoms with Crippen LogP contribution in [0.5, 0.6) is 0 Å². The van der Waals surface area contributed by atoms with Gasteiger partial charge in [0, 0.05) is 20.2 Å². The number of hydrogen-bond acceptors (Lipinski definition) is 5. The minimum Gasteiger partial charge on any atom is -0.394 e. The van der Waals surface area contributed by atoms with E-state index in [4.69, 9.17) is 10.5 Å². The van der Waals surface area contributed by atoms with Crippen molar-refractivity contribution in [2.45, 2.75) is 18.9 Å². The highest BCUT2D eigenvalue weighted by molar-refractivity contribution is 5.60. The predicted molar refractivity (Wildman–Crippen MR) is 58.7 cm³/mol. The number of piperidine rings is 1. The zero-order valence-electron chi connectivity index (χ0n) is 8.89. The van der Waals surface area contributed by atoms with Gasteiger partial charge in [-0.15, -0.1) is 0 Å². The van der Waals surface area contributed by atoms with Crippen LogP contribution in [0.25, 0.3) is 0 Å². The van der Waals surface area contributed by atoms with Gasteiger partial charge in [0.25, 0.3) is 0 Å². The molecule has 0 aliphatic carbocycles. The van der Waals surface area contributed by atoms with E-state index < -0.39 is 0 Å². The van der Waals surface area contributed by atoms with Gasteiger partial charge in [-0.1, -0.05) is 0 Å². The van der Waals surface area contributed by atoms with Gasteiger partial charge in [-0.25, -0.2) is 9.97 Å². The molecule has 1 aliphatic rings. The van der Waals surface area contributed by atoms with Crippen LogP contribution in [0.1, 0.15) is 12.8 Å². The van der Waals surface area contributed by atoms with Crippen molar-refractivity contribution in [2.24, 2.45) is 0 Å². The largest absolute Gasteiger partial charge is 0.394 e. The molecule has 0 saturated carbocycles. The highest BCUT2D eigenvalue weighted by Gasteiger charge is 2.20. The van der Waals surface area contributed by atoms with Crippen LogP contribution in [-0.2, 0) is 4.74 Å². The standard InChI is InChI=1S/C10H16N4O/c1-15-8-2-4-14(5-3-8)10-9(11)6-12-7-13-10/h6-8H,2-5,11H2,1H3. The fourth-order valence-electron chi connectivity index (χ4n) is 1.90. The maximum atomic E-state index is 5.82. The van der Waals surface area contributed by atoms with E-state index in [9.17, 15) is 0 Å². The molecule has 0 radical (unpaired) electrons. The van der Waals surface area contributed by atoms with Crippen LogP contribution in [0.3, 0.4) is 0 Å². The number of nitrogens with two attached hydrogens (primary N) is 1. The maximum Gasteiger partial charge on any atom is 0.155 e. The summed E-state index contributed by atoms with van der Waals surface area (Å²) in [7, 11) is 1.76. The fourth-order valence-corrected chi connectivity index (χ4v) is 1.90. The Labute approximate surface area is 89.3 Å². The lowest BCUT2D eigenvalue weighted by molar-refractivity contribution is 0.0818. The highest BCUT2D eigenvalue weighted by atomic mass is 16.5. The Morgan fingerprint density at radius 2 is 2.20 bits per heavy atom. The summed E-state index contributed by atoms with van der Waals surface area (Å²) in [6.07, 6.45) is 5.61. The summed E-state index contributed by atoms with van der Waals surface area (Å²) in [5.41, 5.74) is 6.47. The summed E-state index contributed by atoms with van der Waals surface area (Å²) < 4.78 is 5.31. The second-order valence-corrected chi connectivity index (χ2v) is 3.72. The summed E-state index contributed by atoms with van der Waals surface area (Å²) in [6.45, 7) is 1.89. The van der Waals surface area contributed by atoms with Crippen LogP contribution in [-0.4, -0.2) is 36.3 Å². The Hall–Kier alpha value is -1.36. The number of nitrogen functional groups attached to an aromatic ring is 1. The van der Waals surface area contributed by atoms with E-state index in [1.54, 1.807) is 13.3 Å². The molecule has 0 amide bonds. The molecule has 1 fully saturated rings. The van der Waals surface area contributed by atoms with E-state index in [0.29, 0.717) is 11.8 Å². The summed E-state index contributed by atoms with van der Waals surface area (Å²) >= 11 is 0. The molecule has 1 aromatic rings. The van der Waals surface area contributed by atoms with Gasteiger partial charge < -0.3 is 15.4 Å². The zero-order chi connectivity index (χ0) is 10.7. The van der Waals surface area contributed by atoms with Crippen molar-refractivity contribution in [3.8, 4) is 0 Å². The lowest BCUT2D eigenvalue weighted by Gasteiger charge is -2.32. The van der Waals surface area contributed by atoms with Crippen molar-refractivity contribution >= 4 is 11.5 Å². The van der Waals surface area contributed by atoms with Gasteiger partial charge in [-0.2, -0.15) is 0 Å². The quantitative estimate of drug-likeness (QED) is 0.774. The number of hydrogen-bond donors (Lipinski definition) is 1. The van der Waals surface area contributed by atoms with Gasteiger partial charge in [0.2, 0.25) is 0 Å². The molecule has 2 heterocycles. The summed E-state index contributed by atoms with van der Waals surface area (Å²) in [5, 5.41) is 0. The number of rotatable bonds is 2. The Kier molecular flexibility index (Phi) is 3.01. The Bertz CT molecular complexity index is 323. The molecule has 2 rings (SSSR count). The maximum absolute atomic E-state index is 5.82. The molecular weight excluding hydrogens is 192 g/mol. The molecule has 0 unspecified atom stereocenters. The molecule has 0 bridgehead atoms.